The fraction of sp³-hybridized carbons (Fsp3) is 0.0385. The van der Waals surface area contributed by atoms with Crippen LogP contribution < -0.4 is 10.6 Å². The van der Waals surface area contributed by atoms with Gasteiger partial charge in [0.2, 0.25) is 5.95 Å². The fourth-order valence-electron chi connectivity index (χ4n) is 3.33. The molecular weight excluding hydrogens is 428 g/mol. The maximum Gasteiger partial charge on any atom is 0.277 e. The number of hydrogen-bond acceptors (Lipinski definition) is 7. The van der Waals surface area contributed by atoms with Crippen LogP contribution in [-0.2, 0) is 0 Å². The van der Waals surface area contributed by atoms with E-state index in [1.165, 1.54) is 0 Å². The SMILES string of the molecule is Cc1ccc(-c2cc(C(=O)Nc3cccc(Nc4nccc(-c5cccnc5)n4)c3)no2)cc1. The number of aryl methyl sites for hydroxylation is 1. The Balaban J connectivity index is 1.29. The van der Waals surface area contributed by atoms with E-state index in [0.29, 0.717) is 17.4 Å². The maximum absolute atomic E-state index is 12.7. The number of carbonyl (C=O) groups excluding carboxylic acids is 1. The van der Waals surface area contributed by atoms with Crippen molar-refractivity contribution in [3.63, 3.8) is 0 Å². The molecule has 0 saturated carbocycles. The normalized spacial score (nSPS) is 10.6. The van der Waals surface area contributed by atoms with E-state index in [4.69, 9.17) is 4.52 Å². The molecule has 0 fully saturated rings. The molecule has 2 N–H and O–H groups in total. The third-order valence-corrected chi connectivity index (χ3v) is 5.07. The summed E-state index contributed by atoms with van der Waals surface area (Å²) in [6, 6.07) is 22.3. The van der Waals surface area contributed by atoms with Gasteiger partial charge in [-0.3, -0.25) is 9.78 Å². The molecule has 0 atom stereocenters. The minimum Gasteiger partial charge on any atom is -0.355 e. The molecule has 0 aliphatic heterocycles. The van der Waals surface area contributed by atoms with Crippen molar-refractivity contribution in [2.24, 2.45) is 0 Å². The number of carbonyl (C=O) groups is 1. The lowest BCUT2D eigenvalue weighted by molar-refractivity contribution is 0.101. The van der Waals surface area contributed by atoms with E-state index in [2.05, 4.69) is 30.7 Å². The minimum absolute atomic E-state index is 0.196. The molecule has 1 amide bonds. The Kier molecular flexibility index (Phi) is 5.77. The Morgan fingerprint density at radius 2 is 1.74 bits per heavy atom. The summed E-state index contributed by atoms with van der Waals surface area (Å²) in [5.41, 5.74) is 5.17. The largest absolute Gasteiger partial charge is 0.355 e. The average Bonchev–Trinajstić information content (AvgIpc) is 3.36. The number of rotatable bonds is 6. The summed E-state index contributed by atoms with van der Waals surface area (Å²) < 4.78 is 5.36. The Morgan fingerprint density at radius 1 is 0.882 bits per heavy atom. The number of nitrogens with one attached hydrogen (secondary N) is 2. The van der Waals surface area contributed by atoms with E-state index in [0.717, 1.165) is 28.1 Å². The van der Waals surface area contributed by atoms with Gasteiger partial charge in [-0.2, -0.15) is 0 Å². The van der Waals surface area contributed by atoms with Crippen LogP contribution in [0.15, 0.2) is 95.9 Å². The first kappa shape index (κ1) is 21.0. The monoisotopic (exact) mass is 448 g/mol. The summed E-state index contributed by atoms with van der Waals surface area (Å²) in [5.74, 6) is 0.601. The Bertz CT molecular complexity index is 1430. The van der Waals surface area contributed by atoms with Gasteiger partial charge in [-0.05, 0) is 43.3 Å². The van der Waals surface area contributed by atoms with Crippen LogP contribution in [0, 0.1) is 6.92 Å². The molecule has 5 rings (SSSR count). The van der Waals surface area contributed by atoms with E-state index in [1.54, 1.807) is 36.8 Å². The number of amides is 1. The summed E-state index contributed by atoms with van der Waals surface area (Å²) >= 11 is 0. The molecule has 0 unspecified atom stereocenters. The lowest BCUT2D eigenvalue weighted by Gasteiger charge is -2.09. The maximum atomic E-state index is 12.7. The topological polar surface area (TPSA) is 106 Å². The average molecular weight is 448 g/mol. The van der Waals surface area contributed by atoms with Crippen LogP contribution in [0.1, 0.15) is 16.1 Å². The van der Waals surface area contributed by atoms with E-state index < -0.39 is 0 Å². The predicted octanol–water partition coefficient (Wildman–Crippen LogP) is 5.50. The molecule has 8 heteroatoms. The molecular formula is C26H20N6O2. The number of aromatic nitrogens is 4. The quantitative estimate of drug-likeness (QED) is 0.353. The fourth-order valence-corrected chi connectivity index (χ4v) is 3.33. The molecule has 34 heavy (non-hydrogen) atoms. The third kappa shape index (κ3) is 4.81. The first-order valence-corrected chi connectivity index (χ1v) is 10.6. The molecule has 0 spiro atoms. The highest BCUT2D eigenvalue weighted by atomic mass is 16.5. The zero-order chi connectivity index (χ0) is 23.3. The van der Waals surface area contributed by atoms with Crippen LogP contribution in [-0.4, -0.2) is 26.0 Å². The van der Waals surface area contributed by atoms with Crippen LogP contribution in [0.2, 0.25) is 0 Å². The molecule has 166 valence electrons. The number of benzene rings is 2. The van der Waals surface area contributed by atoms with E-state index in [1.807, 2.05) is 61.5 Å². The van der Waals surface area contributed by atoms with Gasteiger partial charge in [-0.15, -0.1) is 0 Å². The van der Waals surface area contributed by atoms with Crippen molar-refractivity contribution < 1.29 is 9.32 Å². The zero-order valence-corrected chi connectivity index (χ0v) is 18.3. The highest BCUT2D eigenvalue weighted by Crippen LogP contribution is 2.23. The first-order chi connectivity index (χ1) is 16.6. The molecule has 8 nitrogen and oxygen atoms in total. The number of pyridine rings is 1. The number of hydrogen-bond donors (Lipinski definition) is 2. The molecule has 0 saturated heterocycles. The standard InChI is InChI=1S/C26H20N6O2/c1-17-7-9-18(10-8-17)24-15-23(32-34-24)25(33)29-20-5-2-6-21(14-20)30-26-28-13-11-22(31-26)19-4-3-12-27-16-19/h2-16H,1H3,(H,29,33)(H,28,30,31). The minimum atomic E-state index is -0.367. The third-order valence-electron chi connectivity index (χ3n) is 5.07. The van der Waals surface area contributed by atoms with Gasteiger partial charge in [0.05, 0.1) is 5.69 Å². The van der Waals surface area contributed by atoms with Gasteiger partial charge in [-0.1, -0.05) is 41.1 Å². The molecule has 0 radical (unpaired) electrons. The Labute approximate surface area is 195 Å². The van der Waals surface area contributed by atoms with Gasteiger partial charge in [0.15, 0.2) is 11.5 Å². The van der Waals surface area contributed by atoms with Crippen molar-refractivity contribution in [1.82, 2.24) is 20.1 Å². The van der Waals surface area contributed by atoms with Crippen molar-refractivity contribution in [3.05, 3.63) is 103 Å². The van der Waals surface area contributed by atoms with Gasteiger partial charge in [0, 0.05) is 47.2 Å². The summed E-state index contributed by atoms with van der Waals surface area (Å²) in [4.78, 5) is 25.7. The van der Waals surface area contributed by atoms with Gasteiger partial charge in [-0.25, -0.2) is 9.97 Å². The lowest BCUT2D eigenvalue weighted by Crippen LogP contribution is -2.12. The number of nitrogens with zero attached hydrogens (tertiary/aromatic N) is 4. The molecule has 0 aliphatic carbocycles. The summed E-state index contributed by atoms with van der Waals surface area (Å²) in [6.45, 7) is 2.01. The molecule has 5 aromatic rings. The summed E-state index contributed by atoms with van der Waals surface area (Å²) in [5, 5.41) is 9.93. The van der Waals surface area contributed by atoms with Gasteiger partial charge in [0.25, 0.3) is 5.91 Å². The van der Waals surface area contributed by atoms with Gasteiger partial charge < -0.3 is 15.2 Å². The van der Waals surface area contributed by atoms with Crippen LogP contribution in [0.5, 0.6) is 0 Å². The van der Waals surface area contributed by atoms with E-state index in [-0.39, 0.29) is 11.6 Å². The Hall–Kier alpha value is -4.85. The lowest BCUT2D eigenvalue weighted by atomic mass is 10.1. The second kappa shape index (κ2) is 9.33. The van der Waals surface area contributed by atoms with Crippen molar-refractivity contribution in [2.45, 2.75) is 6.92 Å². The molecule has 3 heterocycles. The van der Waals surface area contributed by atoms with Crippen molar-refractivity contribution in [2.75, 3.05) is 10.6 Å². The highest BCUT2D eigenvalue weighted by Gasteiger charge is 2.14. The van der Waals surface area contributed by atoms with E-state index >= 15 is 0 Å². The summed E-state index contributed by atoms with van der Waals surface area (Å²) in [6.07, 6.45) is 5.14. The predicted molar refractivity (Wildman–Crippen MR) is 130 cm³/mol. The second-order valence-corrected chi connectivity index (χ2v) is 7.61. The van der Waals surface area contributed by atoms with Gasteiger partial charge >= 0.3 is 0 Å². The molecule has 3 aromatic heterocycles. The molecule has 0 bridgehead atoms. The summed E-state index contributed by atoms with van der Waals surface area (Å²) in [7, 11) is 0. The molecule has 0 aliphatic rings. The van der Waals surface area contributed by atoms with Crippen molar-refractivity contribution in [1.29, 1.82) is 0 Å². The Morgan fingerprint density at radius 3 is 2.56 bits per heavy atom. The van der Waals surface area contributed by atoms with Crippen molar-refractivity contribution >= 4 is 23.2 Å². The van der Waals surface area contributed by atoms with Crippen LogP contribution in [0.25, 0.3) is 22.6 Å². The van der Waals surface area contributed by atoms with Crippen LogP contribution in [0.4, 0.5) is 17.3 Å². The number of anilines is 3. The molecule has 2 aromatic carbocycles. The van der Waals surface area contributed by atoms with E-state index in [9.17, 15) is 4.79 Å². The second-order valence-electron chi connectivity index (χ2n) is 7.61. The zero-order valence-electron chi connectivity index (χ0n) is 18.3. The highest BCUT2D eigenvalue weighted by molar-refractivity contribution is 6.03. The first-order valence-electron chi connectivity index (χ1n) is 10.6. The van der Waals surface area contributed by atoms with Gasteiger partial charge in [0.1, 0.15) is 0 Å². The van der Waals surface area contributed by atoms with Crippen LogP contribution >= 0.6 is 0 Å². The smallest absolute Gasteiger partial charge is 0.277 e. The van der Waals surface area contributed by atoms with Crippen LogP contribution in [0.3, 0.4) is 0 Å². The van der Waals surface area contributed by atoms with Crippen molar-refractivity contribution in [3.8, 4) is 22.6 Å².